The molecule has 1 saturated heterocycles. The van der Waals surface area contributed by atoms with Crippen molar-refractivity contribution in [2.24, 2.45) is 0 Å². The number of ketones is 1. The van der Waals surface area contributed by atoms with Gasteiger partial charge in [-0.2, -0.15) is 17.6 Å². The number of alkyl halides is 4. The van der Waals surface area contributed by atoms with E-state index in [0.29, 0.717) is 35.4 Å². The van der Waals surface area contributed by atoms with Crippen molar-refractivity contribution >= 4 is 17.9 Å². The van der Waals surface area contributed by atoms with E-state index in [4.69, 9.17) is 0 Å². The third kappa shape index (κ3) is 5.93. The molecule has 8 heteroatoms. The maximum Gasteiger partial charge on any atom is 0.387 e. The summed E-state index contributed by atoms with van der Waals surface area (Å²) in [4.78, 5) is 14.9. The van der Waals surface area contributed by atoms with Gasteiger partial charge in [0.2, 0.25) is 0 Å². The Morgan fingerprint density at radius 2 is 1.13 bits per heavy atom. The van der Waals surface area contributed by atoms with Gasteiger partial charge in [-0.15, -0.1) is 0 Å². The molecule has 0 bridgehead atoms. The van der Waals surface area contributed by atoms with Crippen LogP contribution in [-0.2, 0) is 4.79 Å². The smallest absolute Gasteiger partial charge is 0.387 e. The van der Waals surface area contributed by atoms with Crippen molar-refractivity contribution in [2.75, 3.05) is 20.1 Å². The number of hydrogen-bond acceptors (Lipinski definition) is 4. The molecule has 0 atom stereocenters. The van der Waals surface area contributed by atoms with Crippen LogP contribution in [0, 0.1) is 0 Å². The first-order valence-corrected chi connectivity index (χ1v) is 9.04. The topological polar surface area (TPSA) is 38.8 Å². The summed E-state index contributed by atoms with van der Waals surface area (Å²) < 4.78 is 57.7. The number of likely N-dealkylation sites (tertiary alicyclic amines) is 1. The van der Waals surface area contributed by atoms with Crippen LogP contribution in [0.1, 0.15) is 11.1 Å². The number of halogens is 4. The predicted octanol–water partition coefficient (Wildman–Crippen LogP) is 4.87. The van der Waals surface area contributed by atoms with Crippen molar-refractivity contribution < 1.29 is 31.8 Å². The van der Waals surface area contributed by atoms with Gasteiger partial charge in [-0.05, 0) is 54.6 Å². The molecule has 1 aliphatic heterocycles. The first-order chi connectivity index (χ1) is 14.3. The molecule has 1 heterocycles. The highest BCUT2D eigenvalue weighted by molar-refractivity contribution is 6.14. The molecule has 0 N–H and O–H groups in total. The molecule has 2 aromatic rings. The molecule has 0 amide bonds. The van der Waals surface area contributed by atoms with Crippen LogP contribution in [0.5, 0.6) is 11.5 Å². The molecule has 4 nitrogen and oxygen atoms in total. The number of piperidine rings is 1. The summed E-state index contributed by atoms with van der Waals surface area (Å²) in [5.74, 6) is -0.0490. The van der Waals surface area contributed by atoms with Crippen LogP contribution in [0.15, 0.2) is 59.7 Å². The van der Waals surface area contributed by atoms with E-state index in [-0.39, 0.29) is 17.3 Å². The van der Waals surface area contributed by atoms with Gasteiger partial charge in [0.15, 0.2) is 5.78 Å². The van der Waals surface area contributed by atoms with Gasteiger partial charge in [-0.1, -0.05) is 24.3 Å². The second kappa shape index (κ2) is 9.58. The predicted molar refractivity (Wildman–Crippen MR) is 105 cm³/mol. The van der Waals surface area contributed by atoms with E-state index in [0.717, 1.165) is 0 Å². The third-order valence-corrected chi connectivity index (χ3v) is 4.36. The van der Waals surface area contributed by atoms with E-state index in [2.05, 4.69) is 9.47 Å². The Bertz CT molecular complexity index is 862. The molecule has 0 aliphatic carbocycles. The number of rotatable bonds is 6. The quantitative estimate of drug-likeness (QED) is 0.493. The number of Topliss-reactive ketones (excluding diaryl/α,β-unsaturated/α-hetero) is 1. The highest BCUT2D eigenvalue weighted by atomic mass is 19.3. The lowest BCUT2D eigenvalue weighted by atomic mass is 9.94. The van der Waals surface area contributed by atoms with E-state index >= 15 is 0 Å². The fourth-order valence-corrected chi connectivity index (χ4v) is 3.10. The zero-order valence-electron chi connectivity index (χ0n) is 16.0. The Balaban J connectivity index is 1.79. The second-order valence-electron chi connectivity index (χ2n) is 6.74. The minimum atomic E-state index is -2.90. The van der Waals surface area contributed by atoms with Crippen molar-refractivity contribution in [3.63, 3.8) is 0 Å². The number of carbonyl (C=O) groups excluding carboxylic acids is 1. The Morgan fingerprint density at radius 3 is 1.47 bits per heavy atom. The van der Waals surface area contributed by atoms with Crippen LogP contribution < -0.4 is 9.47 Å². The van der Waals surface area contributed by atoms with Gasteiger partial charge >= 0.3 is 13.2 Å². The number of carbonyl (C=O) groups is 1. The Kier molecular flexibility index (Phi) is 6.89. The van der Waals surface area contributed by atoms with Gasteiger partial charge in [0.1, 0.15) is 11.5 Å². The number of hydrogen-bond donors (Lipinski definition) is 0. The molecular weight excluding hydrogens is 402 g/mol. The van der Waals surface area contributed by atoms with Crippen molar-refractivity contribution in [3.8, 4) is 11.5 Å². The summed E-state index contributed by atoms with van der Waals surface area (Å²) in [7, 11) is 1.87. The fraction of sp³-hybridized carbons (Fsp3) is 0.227. The van der Waals surface area contributed by atoms with E-state index in [9.17, 15) is 22.4 Å². The summed E-state index contributed by atoms with van der Waals surface area (Å²) in [6.45, 7) is -4.92. The van der Waals surface area contributed by atoms with Crippen LogP contribution in [0.25, 0.3) is 12.2 Å². The normalized spacial score (nSPS) is 17.9. The lowest BCUT2D eigenvalue weighted by molar-refractivity contribution is -0.113. The molecule has 30 heavy (non-hydrogen) atoms. The molecule has 158 valence electrons. The Hall–Kier alpha value is -3.13. The van der Waals surface area contributed by atoms with Gasteiger partial charge in [0.25, 0.3) is 0 Å². The molecule has 0 aromatic heterocycles. The summed E-state index contributed by atoms with van der Waals surface area (Å²) in [6.07, 6.45) is 3.41. The maximum atomic E-state index is 12.9. The SMILES string of the molecule is CN1C/C(=C\c2ccc(OC(F)F)cc2)C(=O)/C(=C/c2ccc(OC(F)F)cc2)C1. The highest BCUT2D eigenvalue weighted by Gasteiger charge is 2.24. The number of likely N-dealkylation sites (N-methyl/N-ethyl adjacent to an activating group) is 1. The summed E-state index contributed by atoms with van der Waals surface area (Å²) in [6, 6.07) is 12.0. The van der Waals surface area contributed by atoms with Gasteiger partial charge in [0.05, 0.1) is 0 Å². The second-order valence-corrected chi connectivity index (χ2v) is 6.74. The van der Waals surface area contributed by atoms with E-state index < -0.39 is 13.2 Å². The standard InChI is InChI=1S/C22H19F4NO3/c1-27-12-16(10-14-2-6-18(7-3-14)29-21(23)24)20(28)17(13-27)11-15-4-8-19(9-5-15)30-22(25)26/h2-11,21-22H,12-13H2,1H3/b16-10+,17-11+. The number of nitrogens with zero attached hydrogens (tertiary/aromatic N) is 1. The van der Waals surface area contributed by atoms with Gasteiger partial charge in [0, 0.05) is 24.2 Å². The van der Waals surface area contributed by atoms with Gasteiger partial charge in [-0.3, -0.25) is 9.69 Å². The van der Waals surface area contributed by atoms with Gasteiger partial charge < -0.3 is 9.47 Å². The van der Waals surface area contributed by atoms with Crippen molar-refractivity contribution in [1.82, 2.24) is 4.90 Å². The Morgan fingerprint density at radius 1 is 0.767 bits per heavy atom. The molecule has 1 aliphatic rings. The minimum Gasteiger partial charge on any atom is -0.435 e. The van der Waals surface area contributed by atoms with Crippen molar-refractivity contribution in [2.45, 2.75) is 13.2 Å². The molecular formula is C22H19F4NO3. The average molecular weight is 421 g/mol. The first kappa shape index (κ1) is 21.6. The molecule has 0 spiro atoms. The minimum absolute atomic E-state index is 0.0408. The van der Waals surface area contributed by atoms with Crippen molar-refractivity contribution in [1.29, 1.82) is 0 Å². The lowest BCUT2D eigenvalue weighted by Gasteiger charge is -2.26. The third-order valence-electron chi connectivity index (χ3n) is 4.36. The zero-order valence-corrected chi connectivity index (χ0v) is 16.0. The summed E-state index contributed by atoms with van der Waals surface area (Å²) in [5.41, 5.74) is 2.47. The fourth-order valence-electron chi connectivity index (χ4n) is 3.10. The number of ether oxygens (including phenoxy) is 2. The van der Waals surface area contributed by atoms with Crippen LogP contribution in [0.4, 0.5) is 17.6 Å². The monoisotopic (exact) mass is 421 g/mol. The molecule has 0 unspecified atom stereocenters. The zero-order chi connectivity index (χ0) is 21.7. The maximum absolute atomic E-state index is 12.9. The largest absolute Gasteiger partial charge is 0.435 e. The van der Waals surface area contributed by atoms with Crippen LogP contribution in [0.3, 0.4) is 0 Å². The van der Waals surface area contributed by atoms with E-state index in [1.807, 2.05) is 11.9 Å². The summed E-state index contributed by atoms with van der Waals surface area (Å²) >= 11 is 0. The van der Waals surface area contributed by atoms with Crippen LogP contribution >= 0.6 is 0 Å². The molecule has 1 fully saturated rings. The average Bonchev–Trinajstić information content (AvgIpc) is 2.67. The number of benzene rings is 2. The lowest BCUT2D eigenvalue weighted by Crippen LogP contribution is -2.34. The molecule has 0 saturated carbocycles. The van der Waals surface area contributed by atoms with E-state index in [1.165, 1.54) is 24.3 Å². The molecule has 2 aromatic carbocycles. The van der Waals surface area contributed by atoms with E-state index in [1.54, 1.807) is 36.4 Å². The molecule has 3 rings (SSSR count). The van der Waals surface area contributed by atoms with Crippen molar-refractivity contribution in [3.05, 3.63) is 70.8 Å². The highest BCUT2D eigenvalue weighted by Crippen LogP contribution is 2.23. The van der Waals surface area contributed by atoms with Crippen LogP contribution in [-0.4, -0.2) is 44.0 Å². The Labute approximate surface area is 171 Å². The first-order valence-electron chi connectivity index (χ1n) is 9.04. The summed E-state index contributed by atoms with van der Waals surface area (Å²) in [5, 5.41) is 0. The van der Waals surface area contributed by atoms with Crippen LogP contribution in [0.2, 0.25) is 0 Å². The van der Waals surface area contributed by atoms with Gasteiger partial charge in [-0.25, -0.2) is 0 Å². The molecule has 0 radical (unpaired) electrons.